The lowest BCUT2D eigenvalue weighted by atomic mass is 10.1. The van der Waals surface area contributed by atoms with Crippen molar-refractivity contribution in [2.75, 3.05) is 18.0 Å². The molecule has 6 nitrogen and oxygen atoms in total. The summed E-state index contributed by atoms with van der Waals surface area (Å²) in [5, 5.41) is 11.3. The van der Waals surface area contributed by atoms with Crippen LogP contribution in [0.1, 0.15) is 13.3 Å². The van der Waals surface area contributed by atoms with Crippen molar-refractivity contribution in [3.8, 4) is 0 Å². The van der Waals surface area contributed by atoms with E-state index in [4.69, 9.17) is 17.3 Å². The molecule has 2 atom stereocenters. The van der Waals surface area contributed by atoms with Gasteiger partial charge in [-0.25, -0.2) is 4.98 Å². The van der Waals surface area contributed by atoms with Crippen LogP contribution in [-0.4, -0.2) is 29.0 Å². The van der Waals surface area contributed by atoms with Gasteiger partial charge in [0.15, 0.2) is 0 Å². The highest BCUT2D eigenvalue weighted by Gasteiger charge is 2.33. The normalized spacial score (nSPS) is 23.4. The number of halogens is 1. The second kappa shape index (κ2) is 5.07. The Morgan fingerprint density at radius 1 is 1.72 bits per heavy atom. The van der Waals surface area contributed by atoms with Gasteiger partial charge in [0.25, 0.3) is 0 Å². The lowest BCUT2D eigenvalue weighted by Gasteiger charge is -2.22. The molecule has 1 aliphatic rings. The molecule has 1 aliphatic heterocycles. The first-order valence-electron chi connectivity index (χ1n) is 5.79. The molecule has 0 aromatic carbocycles. The van der Waals surface area contributed by atoms with Gasteiger partial charge in [0.2, 0.25) is 5.82 Å². The highest BCUT2D eigenvalue weighted by atomic mass is 35.5. The zero-order valence-corrected chi connectivity index (χ0v) is 10.8. The van der Waals surface area contributed by atoms with Gasteiger partial charge in [0.05, 0.1) is 9.95 Å². The summed E-state index contributed by atoms with van der Waals surface area (Å²) in [5.74, 6) is 0.741. The van der Waals surface area contributed by atoms with Crippen molar-refractivity contribution in [2.45, 2.75) is 19.4 Å². The molecule has 2 N–H and O–H groups in total. The number of aromatic nitrogens is 1. The summed E-state index contributed by atoms with van der Waals surface area (Å²) in [5.41, 5.74) is 5.61. The van der Waals surface area contributed by atoms with Crippen molar-refractivity contribution in [2.24, 2.45) is 11.7 Å². The minimum absolute atomic E-state index is 0.0491. The number of rotatable bonds is 3. The van der Waals surface area contributed by atoms with E-state index >= 15 is 0 Å². The van der Waals surface area contributed by atoms with Crippen LogP contribution in [0.3, 0.4) is 0 Å². The molecule has 7 heteroatoms. The summed E-state index contributed by atoms with van der Waals surface area (Å²) in [6.45, 7) is 3.31. The number of nitrogens with zero attached hydrogens (tertiary/aromatic N) is 3. The first-order chi connectivity index (χ1) is 8.52. The summed E-state index contributed by atoms with van der Waals surface area (Å²) in [6, 6.07) is 1.54. The molecule has 0 saturated carbocycles. The molecule has 1 aromatic heterocycles. The van der Waals surface area contributed by atoms with E-state index < -0.39 is 4.92 Å². The Hall–Kier alpha value is -1.40. The summed E-state index contributed by atoms with van der Waals surface area (Å²) >= 11 is 5.75. The molecule has 2 unspecified atom stereocenters. The van der Waals surface area contributed by atoms with Crippen LogP contribution >= 0.6 is 11.6 Å². The van der Waals surface area contributed by atoms with Crippen LogP contribution in [0.4, 0.5) is 11.5 Å². The molecule has 1 fully saturated rings. The van der Waals surface area contributed by atoms with Gasteiger partial charge in [0, 0.05) is 24.8 Å². The lowest BCUT2D eigenvalue weighted by Crippen LogP contribution is -2.29. The third-order valence-electron chi connectivity index (χ3n) is 3.28. The minimum atomic E-state index is -0.448. The highest BCUT2D eigenvalue weighted by molar-refractivity contribution is 6.30. The quantitative estimate of drug-likeness (QED) is 0.669. The average Bonchev–Trinajstić information content (AvgIpc) is 2.70. The maximum absolute atomic E-state index is 11.0. The van der Waals surface area contributed by atoms with Gasteiger partial charge in [0.1, 0.15) is 0 Å². The number of hydrogen-bond donors (Lipinski definition) is 1. The number of pyridine rings is 1. The predicted octanol–water partition coefficient (Wildman–Crippen LogP) is 1.82. The second-order valence-corrected chi connectivity index (χ2v) is 5.03. The van der Waals surface area contributed by atoms with Crippen LogP contribution in [0.15, 0.2) is 12.3 Å². The first-order valence-corrected chi connectivity index (χ1v) is 6.17. The van der Waals surface area contributed by atoms with Crippen LogP contribution in [-0.2, 0) is 0 Å². The third kappa shape index (κ3) is 2.39. The van der Waals surface area contributed by atoms with E-state index in [1.807, 2.05) is 11.8 Å². The maximum atomic E-state index is 11.0. The van der Waals surface area contributed by atoms with Gasteiger partial charge in [-0.1, -0.05) is 11.6 Å². The third-order valence-corrected chi connectivity index (χ3v) is 3.48. The van der Waals surface area contributed by atoms with Gasteiger partial charge in [-0.2, -0.15) is 0 Å². The number of hydrogen-bond acceptors (Lipinski definition) is 5. The van der Waals surface area contributed by atoms with Crippen molar-refractivity contribution in [3.05, 3.63) is 27.4 Å². The van der Waals surface area contributed by atoms with E-state index in [2.05, 4.69) is 4.98 Å². The predicted molar refractivity (Wildman–Crippen MR) is 69.9 cm³/mol. The van der Waals surface area contributed by atoms with Crippen LogP contribution in [0, 0.1) is 16.0 Å². The van der Waals surface area contributed by atoms with Gasteiger partial charge in [-0.05, 0) is 25.8 Å². The highest BCUT2D eigenvalue weighted by Crippen LogP contribution is 2.34. The van der Waals surface area contributed by atoms with Crippen LogP contribution in [0.5, 0.6) is 0 Å². The van der Waals surface area contributed by atoms with E-state index in [1.54, 1.807) is 0 Å². The minimum Gasteiger partial charge on any atom is -0.348 e. The fourth-order valence-corrected chi connectivity index (χ4v) is 2.54. The summed E-state index contributed by atoms with van der Waals surface area (Å²) in [4.78, 5) is 16.6. The Kier molecular flexibility index (Phi) is 3.68. The maximum Gasteiger partial charge on any atom is 0.313 e. The van der Waals surface area contributed by atoms with E-state index in [0.29, 0.717) is 24.8 Å². The zero-order chi connectivity index (χ0) is 13.3. The number of anilines is 1. The van der Waals surface area contributed by atoms with Crippen molar-refractivity contribution in [1.29, 1.82) is 0 Å². The molecule has 0 spiro atoms. The van der Waals surface area contributed by atoms with Gasteiger partial charge in [-0.3, -0.25) is 10.1 Å². The molecule has 0 radical (unpaired) electrons. The standard InChI is InChI=1S/C11H15ClN4O2/c1-7-2-8(4-13)6-15(7)11-10(16(17)18)3-9(12)5-14-11/h3,5,7-8H,2,4,6,13H2,1H3. The smallest absolute Gasteiger partial charge is 0.313 e. The number of nitrogens with two attached hydrogens (primary N) is 1. The molecule has 98 valence electrons. The molecule has 18 heavy (non-hydrogen) atoms. The summed E-state index contributed by atoms with van der Waals surface area (Å²) in [7, 11) is 0. The van der Waals surface area contributed by atoms with E-state index in [0.717, 1.165) is 6.42 Å². The van der Waals surface area contributed by atoms with Gasteiger partial charge < -0.3 is 10.6 Å². The number of nitro groups is 1. The van der Waals surface area contributed by atoms with E-state index in [1.165, 1.54) is 12.3 Å². The van der Waals surface area contributed by atoms with Crippen molar-refractivity contribution >= 4 is 23.1 Å². The Bertz CT molecular complexity index is 468. The van der Waals surface area contributed by atoms with Crippen molar-refractivity contribution < 1.29 is 4.92 Å². The van der Waals surface area contributed by atoms with Crippen molar-refractivity contribution in [1.82, 2.24) is 4.98 Å². The molecule has 0 bridgehead atoms. The first kappa shape index (κ1) is 13.0. The molecular weight excluding hydrogens is 256 g/mol. The van der Waals surface area contributed by atoms with Crippen LogP contribution < -0.4 is 10.6 Å². The Morgan fingerprint density at radius 3 is 3.00 bits per heavy atom. The molecule has 1 saturated heterocycles. The van der Waals surface area contributed by atoms with Crippen molar-refractivity contribution in [3.63, 3.8) is 0 Å². The summed E-state index contributed by atoms with van der Waals surface area (Å²) < 4.78 is 0. The fourth-order valence-electron chi connectivity index (χ4n) is 2.39. The molecule has 0 amide bonds. The van der Waals surface area contributed by atoms with Crippen LogP contribution in [0.25, 0.3) is 0 Å². The SMILES string of the molecule is CC1CC(CN)CN1c1ncc(Cl)cc1[N+](=O)[O-]. The molecular formula is C11H15ClN4O2. The molecule has 2 rings (SSSR count). The van der Waals surface area contributed by atoms with Gasteiger partial charge in [-0.15, -0.1) is 0 Å². The Morgan fingerprint density at radius 2 is 2.44 bits per heavy atom. The topological polar surface area (TPSA) is 85.3 Å². The van der Waals surface area contributed by atoms with E-state index in [9.17, 15) is 10.1 Å². The summed E-state index contributed by atoms with van der Waals surface area (Å²) in [6.07, 6.45) is 2.37. The zero-order valence-electron chi connectivity index (χ0n) is 10.0. The van der Waals surface area contributed by atoms with Crippen LogP contribution in [0.2, 0.25) is 5.02 Å². The average molecular weight is 271 g/mol. The van der Waals surface area contributed by atoms with Gasteiger partial charge >= 0.3 is 5.69 Å². The molecule has 0 aliphatic carbocycles. The monoisotopic (exact) mass is 270 g/mol. The largest absolute Gasteiger partial charge is 0.348 e. The fraction of sp³-hybridized carbons (Fsp3) is 0.545. The Labute approximate surface area is 110 Å². The lowest BCUT2D eigenvalue weighted by molar-refractivity contribution is -0.384. The molecule has 1 aromatic rings. The Balaban J connectivity index is 2.36. The molecule has 2 heterocycles. The second-order valence-electron chi connectivity index (χ2n) is 4.59. The van der Waals surface area contributed by atoms with E-state index in [-0.39, 0.29) is 16.8 Å².